The van der Waals surface area contributed by atoms with Crippen molar-refractivity contribution in [1.82, 2.24) is 19.4 Å². The molecule has 0 amide bonds. The van der Waals surface area contributed by atoms with Crippen molar-refractivity contribution in [3.8, 4) is 28.1 Å². The number of rotatable bonds is 3. The SMILES string of the molecule is COc1ncccc1-c1cc(-c2cccnc2)c2cncn2c1. The summed E-state index contributed by atoms with van der Waals surface area (Å²) < 4.78 is 7.39. The maximum atomic E-state index is 5.39. The fourth-order valence-electron chi connectivity index (χ4n) is 2.71. The van der Waals surface area contributed by atoms with Gasteiger partial charge in [0.2, 0.25) is 5.88 Å². The minimum Gasteiger partial charge on any atom is -0.481 e. The van der Waals surface area contributed by atoms with Gasteiger partial charge in [-0.2, -0.15) is 0 Å². The summed E-state index contributed by atoms with van der Waals surface area (Å²) in [5.41, 5.74) is 5.10. The van der Waals surface area contributed by atoms with Crippen LogP contribution in [0.4, 0.5) is 0 Å². The Balaban J connectivity index is 1.99. The zero-order chi connectivity index (χ0) is 15.6. The molecule has 0 saturated carbocycles. The molecule has 0 N–H and O–H groups in total. The van der Waals surface area contributed by atoms with E-state index in [2.05, 4.69) is 21.0 Å². The van der Waals surface area contributed by atoms with E-state index in [1.807, 2.05) is 47.3 Å². The summed E-state index contributed by atoms with van der Waals surface area (Å²) in [5.74, 6) is 0.601. The zero-order valence-corrected chi connectivity index (χ0v) is 12.5. The average Bonchev–Trinajstić information content (AvgIpc) is 3.10. The number of ether oxygens (including phenoxy) is 1. The largest absolute Gasteiger partial charge is 0.481 e. The molecule has 0 atom stereocenters. The van der Waals surface area contributed by atoms with Crippen LogP contribution in [0.1, 0.15) is 0 Å². The van der Waals surface area contributed by atoms with Gasteiger partial charge < -0.3 is 9.14 Å². The molecule has 4 aromatic rings. The van der Waals surface area contributed by atoms with E-state index >= 15 is 0 Å². The number of hydrogen-bond donors (Lipinski definition) is 0. The second-order valence-electron chi connectivity index (χ2n) is 5.13. The average molecular weight is 302 g/mol. The van der Waals surface area contributed by atoms with Crippen LogP contribution in [0.3, 0.4) is 0 Å². The van der Waals surface area contributed by atoms with Crippen LogP contribution < -0.4 is 4.74 Å². The summed E-state index contributed by atoms with van der Waals surface area (Å²) in [6.45, 7) is 0. The third-order valence-corrected chi connectivity index (χ3v) is 3.77. The lowest BCUT2D eigenvalue weighted by atomic mass is 10.0. The third-order valence-electron chi connectivity index (χ3n) is 3.77. The first-order chi connectivity index (χ1) is 11.4. The van der Waals surface area contributed by atoms with Crippen molar-refractivity contribution >= 4 is 5.52 Å². The molecule has 0 unspecified atom stereocenters. The molecule has 0 bridgehead atoms. The van der Waals surface area contributed by atoms with E-state index in [1.54, 1.807) is 25.8 Å². The van der Waals surface area contributed by atoms with Gasteiger partial charge in [0.25, 0.3) is 0 Å². The van der Waals surface area contributed by atoms with Gasteiger partial charge >= 0.3 is 0 Å². The number of fused-ring (bicyclic) bond motifs is 1. The molecule has 23 heavy (non-hydrogen) atoms. The van der Waals surface area contributed by atoms with Crippen molar-refractivity contribution in [2.24, 2.45) is 0 Å². The molecule has 0 spiro atoms. The van der Waals surface area contributed by atoms with E-state index in [0.29, 0.717) is 5.88 Å². The smallest absolute Gasteiger partial charge is 0.221 e. The Hall–Kier alpha value is -3.21. The van der Waals surface area contributed by atoms with Gasteiger partial charge in [0.1, 0.15) is 0 Å². The topological polar surface area (TPSA) is 52.3 Å². The second kappa shape index (κ2) is 5.53. The summed E-state index contributed by atoms with van der Waals surface area (Å²) in [6.07, 6.45) is 11.0. The third kappa shape index (κ3) is 2.32. The van der Waals surface area contributed by atoms with Gasteiger partial charge in [-0.1, -0.05) is 6.07 Å². The summed E-state index contributed by atoms with van der Waals surface area (Å²) in [6, 6.07) is 9.99. The lowest BCUT2D eigenvalue weighted by Crippen LogP contribution is -1.94. The molecule has 0 aliphatic carbocycles. The number of hydrogen-bond acceptors (Lipinski definition) is 4. The molecule has 112 valence electrons. The van der Waals surface area contributed by atoms with E-state index in [1.165, 1.54) is 0 Å². The van der Waals surface area contributed by atoms with Crippen LogP contribution in [0, 0.1) is 0 Å². The minimum absolute atomic E-state index is 0.601. The van der Waals surface area contributed by atoms with E-state index in [-0.39, 0.29) is 0 Å². The highest BCUT2D eigenvalue weighted by Gasteiger charge is 2.12. The first-order valence-corrected chi connectivity index (χ1v) is 7.22. The Morgan fingerprint density at radius 3 is 2.70 bits per heavy atom. The lowest BCUT2D eigenvalue weighted by Gasteiger charge is -2.11. The Kier molecular flexibility index (Phi) is 3.24. The number of pyridine rings is 3. The highest BCUT2D eigenvalue weighted by Crippen LogP contribution is 2.33. The van der Waals surface area contributed by atoms with Gasteiger partial charge in [0, 0.05) is 47.0 Å². The summed E-state index contributed by atoms with van der Waals surface area (Å²) in [7, 11) is 1.63. The van der Waals surface area contributed by atoms with Gasteiger partial charge in [-0.3, -0.25) is 4.98 Å². The van der Waals surface area contributed by atoms with E-state index in [4.69, 9.17) is 4.74 Å². The molecule has 0 saturated heterocycles. The lowest BCUT2D eigenvalue weighted by molar-refractivity contribution is 0.399. The number of aromatic nitrogens is 4. The van der Waals surface area contributed by atoms with Gasteiger partial charge in [-0.05, 0) is 24.3 Å². The molecule has 4 rings (SSSR count). The van der Waals surface area contributed by atoms with Crippen molar-refractivity contribution in [2.75, 3.05) is 7.11 Å². The number of nitrogens with zero attached hydrogens (tertiary/aromatic N) is 4. The van der Waals surface area contributed by atoms with E-state index in [0.717, 1.165) is 27.8 Å². The van der Waals surface area contributed by atoms with Crippen molar-refractivity contribution in [3.63, 3.8) is 0 Å². The maximum Gasteiger partial charge on any atom is 0.221 e. The summed E-state index contributed by atoms with van der Waals surface area (Å²) in [5, 5.41) is 0. The minimum atomic E-state index is 0.601. The first kappa shape index (κ1) is 13.5. The first-order valence-electron chi connectivity index (χ1n) is 7.22. The van der Waals surface area contributed by atoms with Crippen molar-refractivity contribution in [1.29, 1.82) is 0 Å². The Labute approximate surface area is 133 Å². The molecule has 0 aliphatic heterocycles. The van der Waals surface area contributed by atoms with Gasteiger partial charge in [-0.15, -0.1) is 0 Å². The van der Waals surface area contributed by atoms with E-state index in [9.17, 15) is 0 Å². The summed E-state index contributed by atoms with van der Waals surface area (Å²) >= 11 is 0. The van der Waals surface area contributed by atoms with Gasteiger partial charge in [0.15, 0.2) is 0 Å². The maximum absolute atomic E-state index is 5.39. The quantitative estimate of drug-likeness (QED) is 0.581. The normalized spacial score (nSPS) is 10.8. The fraction of sp³-hybridized carbons (Fsp3) is 0.0556. The Bertz CT molecular complexity index is 963. The van der Waals surface area contributed by atoms with Crippen molar-refractivity contribution in [2.45, 2.75) is 0 Å². The molecule has 0 radical (unpaired) electrons. The predicted octanol–water partition coefficient (Wildman–Crippen LogP) is 3.47. The van der Waals surface area contributed by atoms with E-state index < -0.39 is 0 Å². The van der Waals surface area contributed by atoms with Crippen molar-refractivity contribution < 1.29 is 4.74 Å². The number of methoxy groups -OCH3 is 1. The Morgan fingerprint density at radius 1 is 0.957 bits per heavy atom. The van der Waals surface area contributed by atoms with Crippen LogP contribution in [0.2, 0.25) is 0 Å². The second-order valence-corrected chi connectivity index (χ2v) is 5.13. The monoisotopic (exact) mass is 302 g/mol. The van der Waals surface area contributed by atoms with Crippen LogP contribution >= 0.6 is 0 Å². The van der Waals surface area contributed by atoms with Crippen LogP contribution in [0.25, 0.3) is 27.8 Å². The van der Waals surface area contributed by atoms with Crippen LogP contribution in [0.15, 0.2) is 67.6 Å². The molecule has 0 aromatic carbocycles. The predicted molar refractivity (Wildman–Crippen MR) is 88.2 cm³/mol. The molecule has 4 aromatic heterocycles. The fourth-order valence-corrected chi connectivity index (χ4v) is 2.71. The molecular formula is C18H14N4O. The zero-order valence-electron chi connectivity index (χ0n) is 12.5. The highest BCUT2D eigenvalue weighted by molar-refractivity contribution is 5.84. The molecule has 0 fully saturated rings. The van der Waals surface area contributed by atoms with Crippen LogP contribution in [-0.2, 0) is 0 Å². The molecule has 0 aliphatic rings. The highest BCUT2D eigenvalue weighted by atomic mass is 16.5. The standard InChI is InChI=1S/C18H14N4O/c1-23-18-15(5-3-7-21-18)14-8-16(13-4-2-6-19-9-13)17-10-20-12-22(17)11-14/h2-12H,1H3. The van der Waals surface area contributed by atoms with Crippen molar-refractivity contribution in [3.05, 3.63) is 67.6 Å². The van der Waals surface area contributed by atoms with Crippen LogP contribution in [0.5, 0.6) is 5.88 Å². The Morgan fingerprint density at radius 2 is 1.87 bits per heavy atom. The van der Waals surface area contributed by atoms with Crippen LogP contribution in [-0.4, -0.2) is 26.5 Å². The molecule has 5 heteroatoms. The number of imidazole rings is 1. The molecule has 5 nitrogen and oxygen atoms in total. The van der Waals surface area contributed by atoms with Gasteiger partial charge in [-0.25, -0.2) is 9.97 Å². The molecular weight excluding hydrogens is 288 g/mol. The molecule has 4 heterocycles. The van der Waals surface area contributed by atoms with Gasteiger partial charge in [0.05, 0.1) is 25.2 Å². The summed E-state index contributed by atoms with van der Waals surface area (Å²) in [4.78, 5) is 12.8.